The molecule has 1 aliphatic carbocycles. The Morgan fingerprint density at radius 3 is 2.52 bits per heavy atom. The van der Waals surface area contributed by atoms with E-state index in [0.29, 0.717) is 23.8 Å². The largest absolute Gasteiger partial charge is 0.504 e. The minimum Gasteiger partial charge on any atom is -0.504 e. The van der Waals surface area contributed by atoms with Crippen molar-refractivity contribution in [3.63, 3.8) is 0 Å². The number of hydrogen-bond donors (Lipinski definition) is 3. The van der Waals surface area contributed by atoms with Crippen molar-refractivity contribution in [3.05, 3.63) is 48.0 Å². The molecule has 2 aromatic carbocycles. The summed E-state index contributed by atoms with van der Waals surface area (Å²) in [5.74, 6) is 2.33. The average molecular weight is 422 g/mol. The second kappa shape index (κ2) is 9.39. The van der Waals surface area contributed by atoms with E-state index in [0.717, 1.165) is 54.5 Å². The molecule has 4 rings (SSSR count). The number of benzene rings is 2. The number of methoxy groups -OCH3 is 1. The number of aromatic nitrogens is 2. The van der Waals surface area contributed by atoms with Gasteiger partial charge in [0.15, 0.2) is 11.5 Å². The molecule has 1 aromatic heterocycles. The number of phenols is 1. The molecule has 0 atom stereocenters. The van der Waals surface area contributed by atoms with Gasteiger partial charge in [-0.3, -0.25) is 0 Å². The first-order valence-electron chi connectivity index (χ1n) is 10.8. The van der Waals surface area contributed by atoms with Crippen LogP contribution in [0.3, 0.4) is 0 Å². The van der Waals surface area contributed by atoms with E-state index in [1.807, 2.05) is 49.3 Å². The molecular weight excluding hydrogens is 390 g/mol. The van der Waals surface area contributed by atoms with Crippen molar-refractivity contribution in [1.29, 1.82) is 0 Å². The number of ether oxygens (including phenoxy) is 1. The molecule has 1 aliphatic rings. The lowest BCUT2D eigenvalue weighted by Crippen LogP contribution is -2.37. The predicted octanol–water partition coefficient (Wildman–Crippen LogP) is 3.92. The second-order valence-corrected chi connectivity index (χ2v) is 8.36. The standard InChI is InChI=1S/C24H31N5O2/c1-29(2)23-19-6-4-5-7-20(19)27-24(28-23)26-18-11-9-17(10-12-18)25-15-16-8-13-21(30)22(14-16)31-3/h4-8,13-14,17-18,25,30H,9-12,15H2,1-3H3,(H,26,27,28)/t17-,18+. The highest BCUT2D eigenvalue weighted by Gasteiger charge is 2.22. The van der Waals surface area contributed by atoms with Crippen LogP contribution in [0.2, 0.25) is 0 Å². The summed E-state index contributed by atoms with van der Waals surface area (Å²) in [5.41, 5.74) is 2.07. The number of fused-ring (bicyclic) bond motifs is 1. The number of aromatic hydroxyl groups is 1. The van der Waals surface area contributed by atoms with Gasteiger partial charge in [-0.15, -0.1) is 0 Å². The molecule has 0 unspecified atom stereocenters. The lowest BCUT2D eigenvalue weighted by molar-refractivity contribution is 0.350. The van der Waals surface area contributed by atoms with Crippen molar-refractivity contribution in [2.75, 3.05) is 31.4 Å². The van der Waals surface area contributed by atoms with Crippen LogP contribution in [0.15, 0.2) is 42.5 Å². The van der Waals surface area contributed by atoms with Crippen LogP contribution >= 0.6 is 0 Å². The molecule has 7 nitrogen and oxygen atoms in total. The summed E-state index contributed by atoms with van der Waals surface area (Å²) in [7, 11) is 5.60. The summed E-state index contributed by atoms with van der Waals surface area (Å²) < 4.78 is 5.20. The maximum absolute atomic E-state index is 9.74. The molecule has 0 amide bonds. The highest BCUT2D eigenvalue weighted by molar-refractivity contribution is 5.90. The van der Waals surface area contributed by atoms with Crippen LogP contribution < -0.4 is 20.3 Å². The van der Waals surface area contributed by atoms with E-state index in [9.17, 15) is 5.11 Å². The van der Waals surface area contributed by atoms with Crippen LogP contribution in [0.25, 0.3) is 10.9 Å². The summed E-state index contributed by atoms with van der Waals surface area (Å²) in [5, 5.41) is 18.0. The maximum Gasteiger partial charge on any atom is 0.225 e. The normalized spacial score (nSPS) is 18.7. The molecule has 0 aliphatic heterocycles. The van der Waals surface area contributed by atoms with E-state index >= 15 is 0 Å². The number of phenolic OH excluding ortho intramolecular Hbond substituents is 1. The predicted molar refractivity (Wildman–Crippen MR) is 125 cm³/mol. The van der Waals surface area contributed by atoms with E-state index in [4.69, 9.17) is 14.7 Å². The third-order valence-corrected chi connectivity index (χ3v) is 5.91. The Kier molecular flexibility index (Phi) is 6.42. The van der Waals surface area contributed by atoms with Gasteiger partial charge in [-0.2, -0.15) is 4.98 Å². The lowest BCUT2D eigenvalue weighted by Gasteiger charge is -2.30. The van der Waals surface area contributed by atoms with Crippen LogP contribution in [-0.4, -0.2) is 48.4 Å². The number of para-hydroxylation sites is 1. The number of anilines is 2. The number of hydrogen-bond acceptors (Lipinski definition) is 7. The third kappa shape index (κ3) is 4.99. The Labute approximate surface area is 183 Å². The topological polar surface area (TPSA) is 82.5 Å². The smallest absolute Gasteiger partial charge is 0.225 e. The van der Waals surface area contributed by atoms with E-state index in [-0.39, 0.29) is 5.75 Å². The minimum absolute atomic E-state index is 0.172. The van der Waals surface area contributed by atoms with Crippen molar-refractivity contribution in [2.24, 2.45) is 0 Å². The summed E-state index contributed by atoms with van der Waals surface area (Å²) in [6.07, 6.45) is 4.34. The van der Waals surface area contributed by atoms with Crippen molar-refractivity contribution < 1.29 is 9.84 Å². The van der Waals surface area contributed by atoms with Gasteiger partial charge in [0.25, 0.3) is 0 Å². The van der Waals surface area contributed by atoms with Crippen molar-refractivity contribution in [1.82, 2.24) is 15.3 Å². The average Bonchev–Trinajstić information content (AvgIpc) is 2.79. The zero-order chi connectivity index (χ0) is 21.8. The van der Waals surface area contributed by atoms with Crippen LogP contribution in [0, 0.1) is 0 Å². The van der Waals surface area contributed by atoms with Gasteiger partial charge in [0, 0.05) is 38.1 Å². The molecule has 7 heteroatoms. The molecule has 1 fully saturated rings. The van der Waals surface area contributed by atoms with Gasteiger partial charge in [0.05, 0.1) is 12.6 Å². The first-order valence-corrected chi connectivity index (χ1v) is 10.8. The number of nitrogens with zero attached hydrogens (tertiary/aromatic N) is 3. The first-order chi connectivity index (χ1) is 15.0. The number of rotatable bonds is 7. The second-order valence-electron chi connectivity index (χ2n) is 8.36. The first kappa shape index (κ1) is 21.2. The molecule has 1 saturated carbocycles. The maximum atomic E-state index is 9.74. The molecule has 0 bridgehead atoms. The molecule has 164 valence electrons. The molecule has 3 aromatic rings. The van der Waals surface area contributed by atoms with Gasteiger partial charge in [-0.05, 0) is 55.5 Å². The van der Waals surface area contributed by atoms with Crippen LogP contribution in [0.1, 0.15) is 31.2 Å². The highest BCUT2D eigenvalue weighted by atomic mass is 16.5. The molecule has 0 radical (unpaired) electrons. The lowest BCUT2D eigenvalue weighted by atomic mass is 9.91. The van der Waals surface area contributed by atoms with E-state index < -0.39 is 0 Å². The van der Waals surface area contributed by atoms with Gasteiger partial charge < -0.3 is 25.4 Å². The van der Waals surface area contributed by atoms with E-state index in [1.54, 1.807) is 13.2 Å². The Morgan fingerprint density at radius 2 is 1.77 bits per heavy atom. The molecule has 3 N–H and O–H groups in total. The monoisotopic (exact) mass is 421 g/mol. The molecular formula is C24H31N5O2. The summed E-state index contributed by atoms with van der Waals surface area (Å²) >= 11 is 0. The molecule has 1 heterocycles. The highest BCUT2D eigenvalue weighted by Crippen LogP contribution is 2.28. The Balaban J connectivity index is 1.33. The van der Waals surface area contributed by atoms with Gasteiger partial charge in [0.1, 0.15) is 5.82 Å². The summed E-state index contributed by atoms with van der Waals surface area (Å²) in [6.45, 7) is 0.763. The Morgan fingerprint density at radius 1 is 1.03 bits per heavy atom. The van der Waals surface area contributed by atoms with E-state index in [2.05, 4.69) is 16.7 Å². The quantitative estimate of drug-likeness (QED) is 0.533. The Bertz CT molecular complexity index is 1030. The summed E-state index contributed by atoms with van der Waals surface area (Å²) in [4.78, 5) is 11.5. The van der Waals surface area contributed by atoms with Gasteiger partial charge in [-0.1, -0.05) is 18.2 Å². The van der Waals surface area contributed by atoms with Gasteiger partial charge in [-0.25, -0.2) is 4.98 Å². The van der Waals surface area contributed by atoms with Crippen molar-refractivity contribution in [2.45, 2.75) is 44.3 Å². The SMILES string of the molecule is COc1cc(CN[C@H]2CC[C@@H](Nc3nc(N(C)C)c4ccccc4n3)CC2)ccc1O. The fourth-order valence-electron chi connectivity index (χ4n) is 4.18. The van der Waals surface area contributed by atoms with Crippen LogP contribution in [-0.2, 0) is 6.54 Å². The fourth-order valence-corrected chi connectivity index (χ4v) is 4.18. The van der Waals surface area contributed by atoms with E-state index in [1.165, 1.54) is 0 Å². The van der Waals surface area contributed by atoms with Gasteiger partial charge >= 0.3 is 0 Å². The molecule has 31 heavy (non-hydrogen) atoms. The van der Waals surface area contributed by atoms with Crippen molar-refractivity contribution in [3.8, 4) is 11.5 Å². The van der Waals surface area contributed by atoms with Crippen LogP contribution in [0.5, 0.6) is 11.5 Å². The zero-order valence-electron chi connectivity index (χ0n) is 18.4. The van der Waals surface area contributed by atoms with Crippen molar-refractivity contribution >= 4 is 22.7 Å². The molecule has 0 spiro atoms. The fraction of sp³-hybridized carbons (Fsp3) is 0.417. The third-order valence-electron chi connectivity index (χ3n) is 5.91. The minimum atomic E-state index is 0.172. The number of nitrogens with one attached hydrogen (secondary N) is 2. The van der Waals surface area contributed by atoms with Crippen LogP contribution in [0.4, 0.5) is 11.8 Å². The van der Waals surface area contributed by atoms with Gasteiger partial charge in [0.2, 0.25) is 5.95 Å². The zero-order valence-corrected chi connectivity index (χ0v) is 18.4. The molecule has 0 saturated heterocycles. The Hall–Kier alpha value is -3.06. The summed E-state index contributed by atoms with van der Waals surface area (Å²) in [6, 6.07) is 14.5.